The standard InChI is InChI=1S/C15H26N4O/c1-3-19-10-7-16-14(15(19)20)17-11-13(2)12-18-8-5-4-6-9-18/h7,10,13H,3-6,8-9,11-12H2,1-2H3,(H,16,17). The average molecular weight is 278 g/mol. The molecular weight excluding hydrogens is 252 g/mol. The van der Waals surface area contributed by atoms with Gasteiger partial charge in [-0.15, -0.1) is 0 Å². The third-order valence-corrected chi connectivity index (χ3v) is 3.89. The third kappa shape index (κ3) is 4.07. The zero-order valence-corrected chi connectivity index (χ0v) is 12.6. The van der Waals surface area contributed by atoms with Gasteiger partial charge in [-0.2, -0.15) is 0 Å². The Kier molecular flexibility index (Phi) is 5.59. The van der Waals surface area contributed by atoms with Crippen molar-refractivity contribution in [2.24, 2.45) is 5.92 Å². The molecule has 0 aromatic carbocycles. The van der Waals surface area contributed by atoms with Gasteiger partial charge in [-0.3, -0.25) is 4.79 Å². The molecule has 112 valence electrons. The van der Waals surface area contributed by atoms with Gasteiger partial charge >= 0.3 is 0 Å². The summed E-state index contributed by atoms with van der Waals surface area (Å²) in [6, 6.07) is 0. The maximum atomic E-state index is 12.0. The van der Waals surface area contributed by atoms with E-state index in [1.54, 1.807) is 17.0 Å². The molecular formula is C15H26N4O. The zero-order valence-electron chi connectivity index (χ0n) is 12.6. The number of anilines is 1. The Hall–Kier alpha value is -1.36. The maximum absolute atomic E-state index is 12.0. The van der Waals surface area contributed by atoms with Gasteiger partial charge in [0.25, 0.3) is 5.56 Å². The number of aryl methyl sites for hydroxylation is 1. The van der Waals surface area contributed by atoms with Gasteiger partial charge in [0.05, 0.1) is 0 Å². The van der Waals surface area contributed by atoms with Crippen LogP contribution in [0.15, 0.2) is 17.2 Å². The first-order chi connectivity index (χ1) is 9.70. The van der Waals surface area contributed by atoms with Crippen LogP contribution in [0.3, 0.4) is 0 Å². The van der Waals surface area contributed by atoms with E-state index >= 15 is 0 Å². The van der Waals surface area contributed by atoms with Crippen molar-refractivity contribution in [3.8, 4) is 0 Å². The molecule has 0 saturated carbocycles. The van der Waals surface area contributed by atoms with Crippen molar-refractivity contribution in [1.82, 2.24) is 14.5 Å². The largest absolute Gasteiger partial charge is 0.365 e. The molecule has 0 bridgehead atoms. The number of aromatic nitrogens is 2. The van der Waals surface area contributed by atoms with Gasteiger partial charge < -0.3 is 14.8 Å². The van der Waals surface area contributed by atoms with E-state index in [0.29, 0.717) is 18.3 Å². The summed E-state index contributed by atoms with van der Waals surface area (Å²) in [5.41, 5.74) is -0.0276. The minimum atomic E-state index is -0.0276. The fraction of sp³-hybridized carbons (Fsp3) is 0.733. The summed E-state index contributed by atoms with van der Waals surface area (Å²) in [5.74, 6) is 0.990. The topological polar surface area (TPSA) is 50.2 Å². The van der Waals surface area contributed by atoms with Gasteiger partial charge in [-0.1, -0.05) is 13.3 Å². The average Bonchev–Trinajstić information content (AvgIpc) is 2.47. The quantitative estimate of drug-likeness (QED) is 0.862. The second-order valence-corrected chi connectivity index (χ2v) is 5.71. The Bertz CT molecular complexity index is 465. The molecule has 1 aromatic heterocycles. The van der Waals surface area contributed by atoms with Gasteiger partial charge in [-0.25, -0.2) is 4.98 Å². The Morgan fingerprint density at radius 2 is 2.10 bits per heavy atom. The predicted octanol–water partition coefficient (Wildman–Crippen LogP) is 1.80. The van der Waals surface area contributed by atoms with Crippen LogP contribution < -0.4 is 10.9 Å². The molecule has 1 N–H and O–H groups in total. The minimum absolute atomic E-state index is 0.0276. The maximum Gasteiger partial charge on any atom is 0.293 e. The summed E-state index contributed by atoms with van der Waals surface area (Å²) < 4.78 is 1.67. The van der Waals surface area contributed by atoms with E-state index in [4.69, 9.17) is 0 Å². The normalized spacial score (nSPS) is 17.9. The molecule has 5 nitrogen and oxygen atoms in total. The highest BCUT2D eigenvalue weighted by atomic mass is 16.1. The van der Waals surface area contributed by atoms with E-state index in [2.05, 4.69) is 22.1 Å². The lowest BCUT2D eigenvalue weighted by Crippen LogP contribution is -2.36. The lowest BCUT2D eigenvalue weighted by Gasteiger charge is -2.29. The molecule has 0 radical (unpaired) electrons. The summed E-state index contributed by atoms with van der Waals surface area (Å²) in [6.45, 7) is 9.20. The lowest BCUT2D eigenvalue weighted by molar-refractivity contribution is 0.204. The summed E-state index contributed by atoms with van der Waals surface area (Å²) in [7, 11) is 0. The fourth-order valence-electron chi connectivity index (χ4n) is 2.74. The summed E-state index contributed by atoms with van der Waals surface area (Å²) in [6.07, 6.45) is 7.42. The van der Waals surface area contributed by atoms with Gasteiger partial charge in [0.15, 0.2) is 5.82 Å². The Morgan fingerprint density at radius 1 is 1.35 bits per heavy atom. The van der Waals surface area contributed by atoms with Crippen molar-refractivity contribution in [2.45, 2.75) is 39.7 Å². The molecule has 0 aliphatic carbocycles. The van der Waals surface area contributed by atoms with Gasteiger partial charge in [0.2, 0.25) is 0 Å². The van der Waals surface area contributed by atoms with Crippen LogP contribution in [-0.4, -0.2) is 40.6 Å². The minimum Gasteiger partial charge on any atom is -0.365 e. The highest BCUT2D eigenvalue weighted by Crippen LogP contribution is 2.11. The van der Waals surface area contributed by atoms with Crippen molar-refractivity contribution >= 4 is 5.82 Å². The zero-order chi connectivity index (χ0) is 14.4. The molecule has 0 amide bonds. The summed E-state index contributed by atoms with van der Waals surface area (Å²) in [4.78, 5) is 18.7. The molecule has 0 spiro atoms. The molecule has 1 atom stereocenters. The third-order valence-electron chi connectivity index (χ3n) is 3.89. The molecule has 1 saturated heterocycles. The van der Waals surface area contributed by atoms with E-state index in [0.717, 1.165) is 13.1 Å². The Morgan fingerprint density at radius 3 is 2.80 bits per heavy atom. The number of hydrogen-bond donors (Lipinski definition) is 1. The SMILES string of the molecule is CCn1ccnc(NCC(C)CN2CCCCC2)c1=O. The molecule has 2 rings (SSSR count). The second kappa shape index (κ2) is 7.43. The van der Waals surface area contributed by atoms with E-state index in [1.807, 2.05) is 6.92 Å². The second-order valence-electron chi connectivity index (χ2n) is 5.71. The lowest BCUT2D eigenvalue weighted by atomic mass is 10.1. The van der Waals surface area contributed by atoms with Crippen molar-refractivity contribution < 1.29 is 0 Å². The number of nitrogens with zero attached hydrogens (tertiary/aromatic N) is 3. The summed E-state index contributed by atoms with van der Waals surface area (Å²) >= 11 is 0. The van der Waals surface area contributed by atoms with Crippen LogP contribution in [0.2, 0.25) is 0 Å². The van der Waals surface area contributed by atoms with Gasteiger partial charge in [0, 0.05) is 32.0 Å². The molecule has 1 fully saturated rings. The van der Waals surface area contributed by atoms with Gasteiger partial charge in [0.1, 0.15) is 0 Å². The molecule has 1 aliphatic heterocycles. The molecule has 1 aliphatic rings. The predicted molar refractivity (Wildman–Crippen MR) is 82.1 cm³/mol. The van der Waals surface area contributed by atoms with E-state index in [9.17, 15) is 4.79 Å². The van der Waals surface area contributed by atoms with Crippen molar-refractivity contribution in [3.05, 3.63) is 22.7 Å². The molecule has 2 heterocycles. The smallest absolute Gasteiger partial charge is 0.293 e. The van der Waals surface area contributed by atoms with Crippen LogP contribution in [0.4, 0.5) is 5.82 Å². The van der Waals surface area contributed by atoms with E-state index in [-0.39, 0.29) is 5.56 Å². The van der Waals surface area contributed by atoms with E-state index in [1.165, 1.54) is 32.4 Å². The number of nitrogens with one attached hydrogen (secondary N) is 1. The number of likely N-dealkylation sites (tertiary alicyclic amines) is 1. The molecule has 1 unspecified atom stereocenters. The van der Waals surface area contributed by atoms with Crippen LogP contribution in [-0.2, 0) is 6.54 Å². The molecule has 5 heteroatoms. The first-order valence-electron chi connectivity index (χ1n) is 7.72. The number of rotatable bonds is 6. The fourth-order valence-corrected chi connectivity index (χ4v) is 2.74. The Balaban J connectivity index is 1.83. The van der Waals surface area contributed by atoms with Crippen LogP contribution in [0, 0.1) is 5.92 Å². The molecule has 20 heavy (non-hydrogen) atoms. The summed E-state index contributed by atoms with van der Waals surface area (Å²) in [5, 5.41) is 3.21. The van der Waals surface area contributed by atoms with Crippen molar-refractivity contribution in [3.63, 3.8) is 0 Å². The highest BCUT2D eigenvalue weighted by Gasteiger charge is 2.14. The first-order valence-corrected chi connectivity index (χ1v) is 7.72. The monoisotopic (exact) mass is 278 g/mol. The van der Waals surface area contributed by atoms with Crippen molar-refractivity contribution in [2.75, 3.05) is 31.5 Å². The van der Waals surface area contributed by atoms with E-state index < -0.39 is 0 Å². The van der Waals surface area contributed by atoms with Crippen LogP contribution in [0.5, 0.6) is 0 Å². The first kappa shape index (κ1) is 15.0. The Labute approximate surface area is 121 Å². The highest BCUT2D eigenvalue weighted by molar-refractivity contribution is 5.30. The van der Waals surface area contributed by atoms with Crippen LogP contribution in [0.25, 0.3) is 0 Å². The molecule has 1 aromatic rings. The van der Waals surface area contributed by atoms with Crippen LogP contribution in [0.1, 0.15) is 33.1 Å². The van der Waals surface area contributed by atoms with Crippen molar-refractivity contribution in [1.29, 1.82) is 0 Å². The number of hydrogen-bond acceptors (Lipinski definition) is 4. The number of piperidine rings is 1. The van der Waals surface area contributed by atoms with Crippen LogP contribution >= 0.6 is 0 Å². The van der Waals surface area contributed by atoms with Gasteiger partial charge in [-0.05, 0) is 38.8 Å².